The van der Waals surface area contributed by atoms with Gasteiger partial charge >= 0.3 is 0 Å². The maximum absolute atomic E-state index is 11.8. The van der Waals surface area contributed by atoms with Gasteiger partial charge in [-0.05, 0) is 29.7 Å². The lowest BCUT2D eigenvalue weighted by Gasteiger charge is -2.30. The fourth-order valence-corrected chi connectivity index (χ4v) is 3.41. The molecule has 0 spiro atoms. The van der Waals surface area contributed by atoms with Crippen LogP contribution in [0.3, 0.4) is 0 Å². The third-order valence-electron chi connectivity index (χ3n) is 4.86. The van der Waals surface area contributed by atoms with Gasteiger partial charge in [-0.3, -0.25) is 9.69 Å². The van der Waals surface area contributed by atoms with Gasteiger partial charge in [0, 0.05) is 31.9 Å². The maximum Gasteiger partial charge on any atom is 0.232 e. The summed E-state index contributed by atoms with van der Waals surface area (Å²) in [6.07, 6.45) is 3.03. The van der Waals surface area contributed by atoms with Gasteiger partial charge in [-0.1, -0.05) is 0 Å². The van der Waals surface area contributed by atoms with Crippen LogP contribution in [0.5, 0.6) is 11.5 Å². The van der Waals surface area contributed by atoms with Crippen LogP contribution in [-0.4, -0.2) is 43.7 Å². The SMILES string of the molecule is COc1cc2c(cc1OC)CN(c1ncc3c(n1)N(C)C(=O)C3)CC2.Cl. The maximum atomic E-state index is 11.8. The predicted molar refractivity (Wildman–Crippen MR) is 101 cm³/mol. The van der Waals surface area contributed by atoms with Crippen molar-refractivity contribution in [1.82, 2.24) is 9.97 Å². The Hall–Kier alpha value is -2.54. The van der Waals surface area contributed by atoms with Crippen molar-refractivity contribution in [3.05, 3.63) is 35.0 Å². The topological polar surface area (TPSA) is 67.8 Å². The first-order chi connectivity index (χ1) is 12.1. The second-order valence-corrected chi connectivity index (χ2v) is 6.30. The summed E-state index contributed by atoms with van der Waals surface area (Å²) in [7, 11) is 5.05. The molecule has 2 aromatic rings. The number of halogens is 1. The molecule has 1 aromatic heterocycles. The molecule has 1 amide bonds. The number of likely N-dealkylation sites (N-methyl/N-ethyl adjacent to an activating group) is 1. The van der Waals surface area contributed by atoms with E-state index in [0.717, 1.165) is 30.0 Å². The molecule has 138 valence electrons. The number of nitrogens with zero attached hydrogens (tertiary/aromatic N) is 4. The minimum absolute atomic E-state index is 0. The van der Waals surface area contributed by atoms with Crippen LogP contribution >= 0.6 is 12.4 Å². The quantitative estimate of drug-likeness (QED) is 0.816. The van der Waals surface area contributed by atoms with E-state index in [1.54, 1.807) is 32.4 Å². The summed E-state index contributed by atoms with van der Waals surface area (Å²) < 4.78 is 10.8. The zero-order valence-electron chi connectivity index (χ0n) is 15.0. The predicted octanol–water partition coefficient (Wildman–Crippen LogP) is 2.00. The molecule has 1 aromatic carbocycles. The van der Waals surface area contributed by atoms with Gasteiger partial charge in [-0.2, -0.15) is 4.98 Å². The van der Waals surface area contributed by atoms with Gasteiger partial charge in [0.1, 0.15) is 5.82 Å². The Labute approximate surface area is 158 Å². The molecular weight excluding hydrogens is 356 g/mol. The van der Waals surface area contributed by atoms with E-state index in [9.17, 15) is 4.79 Å². The first kappa shape index (κ1) is 18.3. The van der Waals surface area contributed by atoms with Gasteiger partial charge in [0.05, 0.1) is 20.6 Å². The minimum Gasteiger partial charge on any atom is -0.493 e. The molecule has 0 saturated carbocycles. The molecule has 26 heavy (non-hydrogen) atoms. The summed E-state index contributed by atoms with van der Waals surface area (Å²) in [5, 5.41) is 0. The average Bonchev–Trinajstić information content (AvgIpc) is 2.93. The number of hydrogen-bond acceptors (Lipinski definition) is 6. The fraction of sp³-hybridized carbons (Fsp3) is 0.389. The first-order valence-corrected chi connectivity index (χ1v) is 8.22. The molecule has 0 atom stereocenters. The lowest BCUT2D eigenvalue weighted by Crippen LogP contribution is -2.32. The Morgan fingerprint density at radius 2 is 1.77 bits per heavy atom. The molecule has 0 aliphatic carbocycles. The van der Waals surface area contributed by atoms with Crippen LogP contribution in [0.25, 0.3) is 0 Å². The Morgan fingerprint density at radius 3 is 2.46 bits per heavy atom. The van der Waals surface area contributed by atoms with Crippen LogP contribution in [0.1, 0.15) is 16.7 Å². The molecular formula is C18H21ClN4O3. The molecule has 0 N–H and O–H groups in total. The van der Waals surface area contributed by atoms with E-state index in [2.05, 4.69) is 14.9 Å². The number of anilines is 2. The molecule has 2 aliphatic heterocycles. The zero-order valence-corrected chi connectivity index (χ0v) is 15.8. The van der Waals surface area contributed by atoms with Crippen molar-refractivity contribution < 1.29 is 14.3 Å². The second-order valence-electron chi connectivity index (χ2n) is 6.30. The summed E-state index contributed by atoms with van der Waals surface area (Å²) >= 11 is 0. The van der Waals surface area contributed by atoms with Crippen molar-refractivity contribution in [3.8, 4) is 11.5 Å². The number of fused-ring (bicyclic) bond motifs is 2. The largest absolute Gasteiger partial charge is 0.493 e. The lowest BCUT2D eigenvalue weighted by molar-refractivity contribution is -0.117. The van der Waals surface area contributed by atoms with Gasteiger partial charge in [-0.25, -0.2) is 4.98 Å². The molecule has 0 unspecified atom stereocenters. The summed E-state index contributed by atoms with van der Waals surface area (Å²) in [5.74, 6) is 2.91. The smallest absolute Gasteiger partial charge is 0.232 e. The van der Waals surface area contributed by atoms with Gasteiger partial charge < -0.3 is 14.4 Å². The van der Waals surface area contributed by atoms with E-state index in [-0.39, 0.29) is 18.3 Å². The summed E-state index contributed by atoms with van der Waals surface area (Å²) in [6.45, 7) is 1.52. The highest BCUT2D eigenvalue weighted by molar-refractivity contribution is 5.99. The van der Waals surface area contributed by atoms with E-state index in [0.29, 0.717) is 24.7 Å². The highest BCUT2D eigenvalue weighted by Crippen LogP contribution is 2.34. The van der Waals surface area contributed by atoms with E-state index in [1.807, 2.05) is 12.1 Å². The average molecular weight is 377 g/mol. The number of carbonyl (C=O) groups excluding carboxylic acids is 1. The number of methoxy groups -OCH3 is 2. The molecule has 0 fully saturated rings. The summed E-state index contributed by atoms with van der Waals surface area (Å²) in [6, 6.07) is 4.06. The van der Waals surface area contributed by atoms with E-state index in [1.165, 1.54) is 11.1 Å². The van der Waals surface area contributed by atoms with Crippen molar-refractivity contribution in [2.24, 2.45) is 0 Å². The van der Waals surface area contributed by atoms with Gasteiger partial charge in [-0.15, -0.1) is 12.4 Å². The Bertz CT molecular complexity index is 859. The van der Waals surface area contributed by atoms with E-state index >= 15 is 0 Å². The summed E-state index contributed by atoms with van der Waals surface area (Å²) in [4.78, 5) is 24.7. The van der Waals surface area contributed by atoms with Crippen LogP contribution in [0, 0.1) is 0 Å². The van der Waals surface area contributed by atoms with Crippen LogP contribution in [0.4, 0.5) is 11.8 Å². The zero-order chi connectivity index (χ0) is 17.6. The van der Waals surface area contributed by atoms with E-state index in [4.69, 9.17) is 9.47 Å². The first-order valence-electron chi connectivity index (χ1n) is 8.22. The Morgan fingerprint density at radius 1 is 1.08 bits per heavy atom. The van der Waals surface area contributed by atoms with E-state index < -0.39 is 0 Å². The van der Waals surface area contributed by atoms with Crippen molar-refractivity contribution in [2.45, 2.75) is 19.4 Å². The second kappa shape index (κ2) is 6.99. The Balaban J connectivity index is 0.00000196. The number of rotatable bonds is 3. The number of benzene rings is 1. The van der Waals surface area contributed by atoms with Gasteiger partial charge in [0.15, 0.2) is 11.5 Å². The normalized spacial score (nSPS) is 15.3. The molecule has 4 rings (SSSR count). The Kier molecular flexibility index (Phi) is 4.91. The number of hydrogen-bond donors (Lipinski definition) is 0. The standard InChI is InChI=1S/C18H20N4O3.ClH/c1-21-16(23)8-12-9-19-18(20-17(12)21)22-5-4-11-6-14(24-2)15(25-3)7-13(11)10-22;/h6-7,9H,4-5,8,10H2,1-3H3;1H. The van der Waals surface area contributed by atoms with Crippen molar-refractivity contribution in [1.29, 1.82) is 0 Å². The molecule has 2 aliphatic rings. The molecule has 0 radical (unpaired) electrons. The van der Waals surface area contributed by atoms with Gasteiger partial charge in [0.2, 0.25) is 11.9 Å². The number of amides is 1. The number of aromatic nitrogens is 2. The van der Waals surface area contributed by atoms with Crippen LogP contribution < -0.4 is 19.3 Å². The summed E-state index contributed by atoms with van der Waals surface area (Å²) in [5.41, 5.74) is 3.32. The highest BCUT2D eigenvalue weighted by Gasteiger charge is 2.28. The molecule has 3 heterocycles. The third-order valence-corrected chi connectivity index (χ3v) is 4.86. The molecule has 8 heteroatoms. The highest BCUT2D eigenvalue weighted by atomic mass is 35.5. The fourth-order valence-electron chi connectivity index (χ4n) is 3.41. The monoisotopic (exact) mass is 376 g/mol. The van der Waals surface area contributed by atoms with Gasteiger partial charge in [0.25, 0.3) is 0 Å². The number of carbonyl (C=O) groups is 1. The van der Waals surface area contributed by atoms with Crippen molar-refractivity contribution in [2.75, 3.05) is 37.6 Å². The molecule has 0 bridgehead atoms. The minimum atomic E-state index is 0. The van der Waals surface area contributed by atoms with Crippen LogP contribution in [-0.2, 0) is 24.2 Å². The third kappa shape index (κ3) is 2.92. The molecule has 0 saturated heterocycles. The molecule has 7 nitrogen and oxygen atoms in total. The number of ether oxygens (including phenoxy) is 2. The van der Waals surface area contributed by atoms with Crippen LogP contribution in [0.2, 0.25) is 0 Å². The van der Waals surface area contributed by atoms with Crippen LogP contribution in [0.15, 0.2) is 18.3 Å². The van der Waals surface area contributed by atoms with Crippen molar-refractivity contribution in [3.63, 3.8) is 0 Å². The van der Waals surface area contributed by atoms with Crippen molar-refractivity contribution >= 4 is 30.1 Å². The lowest BCUT2D eigenvalue weighted by atomic mass is 9.99.